The minimum Gasteiger partial charge on any atom is -0.496 e. The number of methoxy groups -OCH3 is 1. The number of likely N-dealkylation sites (tertiary alicyclic amines) is 1. The van der Waals surface area contributed by atoms with Gasteiger partial charge in [0.1, 0.15) is 5.75 Å². The highest BCUT2D eigenvalue weighted by molar-refractivity contribution is 5.43. The molecule has 19 heavy (non-hydrogen) atoms. The minimum atomic E-state index is 0.735. The van der Waals surface area contributed by atoms with E-state index in [4.69, 9.17) is 4.74 Å². The van der Waals surface area contributed by atoms with Crippen LogP contribution in [-0.2, 0) is 12.8 Å². The van der Waals surface area contributed by atoms with Crippen LogP contribution in [0.2, 0.25) is 0 Å². The van der Waals surface area contributed by atoms with Crippen molar-refractivity contribution >= 4 is 0 Å². The van der Waals surface area contributed by atoms with Crippen LogP contribution in [0.4, 0.5) is 0 Å². The molecule has 0 aromatic heterocycles. The second kappa shape index (κ2) is 5.16. The Morgan fingerprint density at radius 3 is 2.89 bits per heavy atom. The summed E-state index contributed by atoms with van der Waals surface area (Å²) in [5.41, 5.74) is 2.98. The Balaban J connectivity index is 1.90. The summed E-state index contributed by atoms with van der Waals surface area (Å²) >= 11 is 0. The van der Waals surface area contributed by atoms with E-state index >= 15 is 0 Å². The highest BCUT2D eigenvalue weighted by Gasteiger charge is 2.41. The number of benzene rings is 1. The number of hydrogen-bond donors (Lipinski definition) is 0. The van der Waals surface area contributed by atoms with Gasteiger partial charge in [0.05, 0.1) is 7.11 Å². The topological polar surface area (TPSA) is 12.5 Å². The van der Waals surface area contributed by atoms with Crippen molar-refractivity contribution in [2.45, 2.75) is 51.6 Å². The normalized spacial score (nSPS) is 29.9. The van der Waals surface area contributed by atoms with Crippen molar-refractivity contribution in [2.75, 3.05) is 13.7 Å². The molecule has 0 amide bonds. The largest absolute Gasteiger partial charge is 0.496 e. The summed E-state index contributed by atoms with van der Waals surface area (Å²) in [6, 6.07) is 8.03. The number of ether oxygens (including phenoxy) is 1. The fourth-order valence-corrected chi connectivity index (χ4v) is 4.19. The summed E-state index contributed by atoms with van der Waals surface area (Å²) in [4.78, 5) is 2.74. The van der Waals surface area contributed by atoms with Crippen LogP contribution in [0.5, 0.6) is 5.75 Å². The van der Waals surface area contributed by atoms with E-state index in [0.29, 0.717) is 0 Å². The lowest BCUT2D eigenvalue weighted by Crippen LogP contribution is -2.40. The molecule has 2 heteroatoms. The lowest BCUT2D eigenvalue weighted by Gasteiger charge is -2.34. The van der Waals surface area contributed by atoms with Crippen molar-refractivity contribution in [2.24, 2.45) is 5.92 Å². The Morgan fingerprint density at radius 1 is 1.32 bits per heavy atom. The molecule has 1 aromatic carbocycles. The molecule has 0 unspecified atom stereocenters. The first kappa shape index (κ1) is 13.0. The van der Waals surface area contributed by atoms with E-state index in [0.717, 1.165) is 23.8 Å². The molecule has 0 spiro atoms. The first-order chi connectivity index (χ1) is 9.24. The van der Waals surface area contributed by atoms with Crippen molar-refractivity contribution in [3.8, 4) is 5.75 Å². The van der Waals surface area contributed by atoms with Crippen molar-refractivity contribution in [1.82, 2.24) is 4.90 Å². The molecule has 0 N–H and O–H groups in total. The lowest BCUT2D eigenvalue weighted by molar-refractivity contribution is 0.180. The van der Waals surface area contributed by atoms with Gasteiger partial charge in [0, 0.05) is 12.1 Å². The van der Waals surface area contributed by atoms with Crippen molar-refractivity contribution in [1.29, 1.82) is 0 Å². The number of hydrogen-bond acceptors (Lipinski definition) is 2. The molecule has 1 aliphatic carbocycles. The third-order valence-electron chi connectivity index (χ3n) is 5.01. The molecule has 3 atom stereocenters. The van der Waals surface area contributed by atoms with E-state index in [-0.39, 0.29) is 0 Å². The van der Waals surface area contributed by atoms with Crippen LogP contribution >= 0.6 is 0 Å². The standard InChI is InChI=1S/C17H25NO/c1-4-8-18-12(2)9-14-10-13-6-5-7-17(19-3)15(13)11-16(14)18/h5-7,12,14,16H,4,8-11H2,1-3H3/t12-,14-,16+/m0/s1. The van der Waals surface area contributed by atoms with Gasteiger partial charge in [-0.1, -0.05) is 19.1 Å². The zero-order chi connectivity index (χ0) is 13.4. The van der Waals surface area contributed by atoms with Gasteiger partial charge in [0.15, 0.2) is 0 Å². The van der Waals surface area contributed by atoms with Gasteiger partial charge in [-0.05, 0) is 62.3 Å². The predicted octanol–water partition coefficient (Wildman–Crippen LogP) is 3.28. The average Bonchev–Trinajstić information content (AvgIpc) is 2.72. The molecule has 1 saturated heterocycles. The Morgan fingerprint density at radius 2 is 2.16 bits per heavy atom. The van der Waals surface area contributed by atoms with E-state index in [1.54, 1.807) is 7.11 Å². The van der Waals surface area contributed by atoms with Gasteiger partial charge in [0.25, 0.3) is 0 Å². The minimum absolute atomic E-state index is 0.735. The number of rotatable bonds is 3. The molecule has 1 aliphatic heterocycles. The van der Waals surface area contributed by atoms with Crippen LogP contribution in [-0.4, -0.2) is 30.6 Å². The highest BCUT2D eigenvalue weighted by atomic mass is 16.5. The molecule has 1 aromatic rings. The Labute approximate surface area is 116 Å². The lowest BCUT2D eigenvalue weighted by atomic mass is 9.80. The van der Waals surface area contributed by atoms with Crippen molar-refractivity contribution in [3.63, 3.8) is 0 Å². The van der Waals surface area contributed by atoms with Crippen LogP contribution in [0.15, 0.2) is 18.2 Å². The van der Waals surface area contributed by atoms with Crippen molar-refractivity contribution < 1.29 is 4.74 Å². The molecule has 2 aliphatic rings. The second-order valence-electron chi connectivity index (χ2n) is 6.16. The van der Waals surface area contributed by atoms with E-state index in [2.05, 4.69) is 36.9 Å². The SMILES string of the molecule is CCCN1[C@@H]2Cc3c(cccc3OC)C[C@@H]2C[C@@H]1C. The van der Waals surface area contributed by atoms with E-state index < -0.39 is 0 Å². The maximum atomic E-state index is 5.56. The van der Waals surface area contributed by atoms with Gasteiger partial charge in [-0.2, -0.15) is 0 Å². The van der Waals surface area contributed by atoms with Crippen LogP contribution in [0.3, 0.4) is 0 Å². The smallest absolute Gasteiger partial charge is 0.122 e. The van der Waals surface area contributed by atoms with Gasteiger partial charge < -0.3 is 4.74 Å². The van der Waals surface area contributed by atoms with Gasteiger partial charge >= 0.3 is 0 Å². The third-order valence-corrected chi connectivity index (χ3v) is 5.01. The first-order valence-electron chi connectivity index (χ1n) is 7.65. The molecular formula is C17H25NO. The predicted molar refractivity (Wildman–Crippen MR) is 78.8 cm³/mol. The Bertz CT molecular complexity index is 457. The monoisotopic (exact) mass is 259 g/mol. The quantitative estimate of drug-likeness (QED) is 0.826. The summed E-state index contributed by atoms with van der Waals surface area (Å²) in [7, 11) is 1.79. The maximum Gasteiger partial charge on any atom is 0.122 e. The van der Waals surface area contributed by atoms with E-state index in [1.807, 2.05) is 0 Å². The summed E-state index contributed by atoms with van der Waals surface area (Å²) in [6.07, 6.45) is 5.03. The van der Waals surface area contributed by atoms with Crippen molar-refractivity contribution in [3.05, 3.63) is 29.3 Å². The molecule has 104 valence electrons. The van der Waals surface area contributed by atoms with Gasteiger partial charge in [-0.25, -0.2) is 0 Å². The van der Waals surface area contributed by atoms with Crippen LogP contribution in [0.1, 0.15) is 37.8 Å². The zero-order valence-electron chi connectivity index (χ0n) is 12.4. The molecule has 1 fully saturated rings. The summed E-state index contributed by atoms with van der Waals surface area (Å²) in [5, 5.41) is 0. The molecule has 1 heterocycles. The van der Waals surface area contributed by atoms with Gasteiger partial charge in [-0.15, -0.1) is 0 Å². The average molecular weight is 259 g/mol. The highest BCUT2D eigenvalue weighted by Crippen LogP contribution is 2.41. The first-order valence-corrected chi connectivity index (χ1v) is 7.65. The Hall–Kier alpha value is -1.02. The molecule has 2 nitrogen and oxygen atoms in total. The van der Waals surface area contributed by atoms with Gasteiger partial charge in [-0.3, -0.25) is 4.90 Å². The van der Waals surface area contributed by atoms with Crippen LogP contribution in [0.25, 0.3) is 0 Å². The van der Waals surface area contributed by atoms with E-state index in [9.17, 15) is 0 Å². The van der Waals surface area contributed by atoms with E-state index in [1.165, 1.54) is 43.4 Å². The van der Waals surface area contributed by atoms with Crippen LogP contribution in [0, 0.1) is 5.92 Å². The van der Waals surface area contributed by atoms with Crippen LogP contribution < -0.4 is 4.74 Å². The fourth-order valence-electron chi connectivity index (χ4n) is 4.19. The molecule has 0 bridgehead atoms. The zero-order valence-corrected chi connectivity index (χ0v) is 12.4. The van der Waals surface area contributed by atoms with Gasteiger partial charge in [0.2, 0.25) is 0 Å². The molecule has 3 rings (SSSR count). The second-order valence-corrected chi connectivity index (χ2v) is 6.16. The third kappa shape index (κ3) is 2.16. The number of fused-ring (bicyclic) bond motifs is 2. The summed E-state index contributed by atoms with van der Waals surface area (Å²) in [6.45, 7) is 5.93. The maximum absolute atomic E-state index is 5.56. The Kier molecular flexibility index (Phi) is 3.53. The fraction of sp³-hybridized carbons (Fsp3) is 0.647. The summed E-state index contributed by atoms with van der Waals surface area (Å²) in [5.74, 6) is 1.94. The summed E-state index contributed by atoms with van der Waals surface area (Å²) < 4.78 is 5.56. The molecule has 0 saturated carbocycles. The molecular weight excluding hydrogens is 234 g/mol. The molecule has 0 radical (unpaired) electrons. The number of nitrogens with zero attached hydrogens (tertiary/aromatic N) is 1.